The monoisotopic (exact) mass is 271 g/mol. The van der Waals surface area contributed by atoms with Gasteiger partial charge in [0, 0.05) is 18.9 Å². The summed E-state index contributed by atoms with van der Waals surface area (Å²) < 4.78 is 1.61. The van der Waals surface area contributed by atoms with Crippen LogP contribution >= 0.6 is 0 Å². The third kappa shape index (κ3) is 1.80. The number of carbonyl (C=O) groups excluding carboxylic acids is 3. The predicted molar refractivity (Wildman–Crippen MR) is 71.2 cm³/mol. The van der Waals surface area contributed by atoms with Crippen LogP contribution < -0.4 is 5.32 Å². The molecule has 20 heavy (non-hydrogen) atoms. The van der Waals surface area contributed by atoms with E-state index in [1.807, 2.05) is 6.07 Å². The summed E-state index contributed by atoms with van der Waals surface area (Å²) in [5.74, 6) is -0.911. The Morgan fingerprint density at radius 1 is 1.40 bits per heavy atom. The molecule has 1 aliphatic rings. The van der Waals surface area contributed by atoms with Crippen molar-refractivity contribution in [1.29, 1.82) is 0 Å². The van der Waals surface area contributed by atoms with E-state index >= 15 is 0 Å². The van der Waals surface area contributed by atoms with Crippen molar-refractivity contribution in [3.05, 3.63) is 29.5 Å². The number of imide groups is 1. The summed E-state index contributed by atoms with van der Waals surface area (Å²) in [5, 5.41) is 7.24. The van der Waals surface area contributed by atoms with Gasteiger partial charge < -0.3 is 0 Å². The van der Waals surface area contributed by atoms with Crippen LogP contribution in [0.5, 0.6) is 0 Å². The molecule has 1 aromatic carbocycles. The summed E-state index contributed by atoms with van der Waals surface area (Å²) >= 11 is 0. The second-order valence-electron chi connectivity index (χ2n) is 4.87. The van der Waals surface area contributed by atoms with Crippen LogP contribution in [0.3, 0.4) is 0 Å². The summed E-state index contributed by atoms with van der Waals surface area (Å²) in [4.78, 5) is 34.3. The number of aldehydes is 1. The van der Waals surface area contributed by atoms with Crippen LogP contribution in [0.4, 0.5) is 0 Å². The van der Waals surface area contributed by atoms with Gasteiger partial charge in [0.2, 0.25) is 11.8 Å². The average Bonchev–Trinajstić information content (AvgIpc) is 2.76. The van der Waals surface area contributed by atoms with Crippen LogP contribution in [0.15, 0.2) is 18.2 Å². The van der Waals surface area contributed by atoms with Crippen LogP contribution in [0.2, 0.25) is 0 Å². The Labute approximate surface area is 114 Å². The van der Waals surface area contributed by atoms with Crippen molar-refractivity contribution in [1.82, 2.24) is 15.1 Å². The molecule has 1 aliphatic heterocycles. The van der Waals surface area contributed by atoms with E-state index < -0.39 is 0 Å². The minimum absolute atomic E-state index is 0.239. The lowest BCUT2D eigenvalue weighted by Crippen LogP contribution is -2.39. The molecule has 3 rings (SSSR count). The topological polar surface area (TPSA) is 81.1 Å². The van der Waals surface area contributed by atoms with Gasteiger partial charge in [-0.2, -0.15) is 5.10 Å². The number of nitrogens with one attached hydrogen (secondary N) is 1. The van der Waals surface area contributed by atoms with Gasteiger partial charge in [-0.3, -0.25) is 24.4 Å². The molecule has 1 N–H and O–H groups in total. The van der Waals surface area contributed by atoms with Crippen LogP contribution in [-0.4, -0.2) is 27.9 Å². The smallest absolute Gasteiger partial charge is 0.234 e. The van der Waals surface area contributed by atoms with E-state index in [2.05, 4.69) is 10.4 Å². The fraction of sp³-hybridized carbons (Fsp3) is 0.286. The van der Waals surface area contributed by atoms with Crippen molar-refractivity contribution in [2.24, 2.45) is 7.05 Å². The standard InChI is InChI=1S/C14H13N3O3/c1-17-13-8(9-5-6-12(19)15-14(9)20)3-2-4-10(13)11(7-18)16-17/h2-4,7,9H,5-6H2,1H3,(H,15,19,20). The van der Waals surface area contributed by atoms with E-state index in [1.165, 1.54) is 0 Å². The molecule has 2 amide bonds. The number of aromatic nitrogens is 2. The molecule has 1 atom stereocenters. The summed E-state index contributed by atoms with van der Waals surface area (Å²) in [5.41, 5.74) is 1.93. The molecule has 1 saturated heterocycles. The van der Waals surface area contributed by atoms with Gasteiger partial charge >= 0.3 is 0 Å². The number of benzene rings is 1. The van der Waals surface area contributed by atoms with E-state index in [9.17, 15) is 14.4 Å². The van der Waals surface area contributed by atoms with Crippen molar-refractivity contribution in [2.75, 3.05) is 0 Å². The Hall–Kier alpha value is -2.50. The van der Waals surface area contributed by atoms with Gasteiger partial charge in [-0.15, -0.1) is 0 Å². The van der Waals surface area contributed by atoms with E-state index in [0.29, 0.717) is 24.8 Å². The average molecular weight is 271 g/mol. The molecule has 0 aliphatic carbocycles. The van der Waals surface area contributed by atoms with Crippen LogP contribution in [-0.2, 0) is 16.6 Å². The maximum atomic E-state index is 12.0. The second kappa shape index (κ2) is 4.56. The van der Waals surface area contributed by atoms with E-state index in [0.717, 1.165) is 16.5 Å². The first-order valence-electron chi connectivity index (χ1n) is 6.36. The molecular weight excluding hydrogens is 258 g/mol. The molecule has 0 spiro atoms. The van der Waals surface area contributed by atoms with Gasteiger partial charge in [-0.25, -0.2) is 0 Å². The van der Waals surface area contributed by atoms with Crippen molar-refractivity contribution in [2.45, 2.75) is 18.8 Å². The Morgan fingerprint density at radius 2 is 2.20 bits per heavy atom. The van der Waals surface area contributed by atoms with Gasteiger partial charge in [0.15, 0.2) is 6.29 Å². The van der Waals surface area contributed by atoms with Gasteiger partial charge in [0.05, 0.1) is 11.4 Å². The van der Waals surface area contributed by atoms with Crippen molar-refractivity contribution < 1.29 is 14.4 Å². The third-order valence-corrected chi connectivity index (χ3v) is 3.65. The summed E-state index contributed by atoms with van der Waals surface area (Å²) in [7, 11) is 1.74. The first kappa shape index (κ1) is 12.5. The van der Waals surface area contributed by atoms with Crippen LogP contribution in [0.25, 0.3) is 10.9 Å². The van der Waals surface area contributed by atoms with E-state index in [4.69, 9.17) is 0 Å². The lowest BCUT2D eigenvalue weighted by molar-refractivity contribution is -0.134. The zero-order valence-electron chi connectivity index (χ0n) is 10.9. The largest absolute Gasteiger partial charge is 0.296 e. The summed E-state index contributed by atoms with van der Waals surface area (Å²) in [6.07, 6.45) is 1.51. The number of hydrogen-bond acceptors (Lipinski definition) is 4. The number of rotatable bonds is 2. The SMILES string of the molecule is Cn1nc(C=O)c2cccc(C3CCC(=O)NC3=O)c21. The minimum Gasteiger partial charge on any atom is -0.296 e. The molecule has 1 unspecified atom stereocenters. The molecule has 6 heteroatoms. The Kier molecular flexibility index (Phi) is 2.85. The number of nitrogens with zero attached hydrogens (tertiary/aromatic N) is 2. The molecule has 0 bridgehead atoms. The zero-order valence-corrected chi connectivity index (χ0v) is 10.9. The van der Waals surface area contributed by atoms with Gasteiger partial charge in [-0.05, 0) is 12.0 Å². The number of fused-ring (bicyclic) bond motifs is 1. The third-order valence-electron chi connectivity index (χ3n) is 3.65. The number of amides is 2. The highest BCUT2D eigenvalue weighted by Gasteiger charge is 2.30. The molecule has 1 aromatic heterocycles. The maximum absolute atomic E-state index is 12.0. The van der Waals surface area contributed by atoms with Crippen LogP contribution in [0.1, 0.15) is 34.8 Å². The number of piperidine rings is 1. The lowest BCUT2D eigenvalue weighted by atomic mass is 9.89. The fourth-order valence-electron chi connectivity index (χ4n) is 2.75. The highest BCUT2D eigenvalue weighted by molar-refractivity contribution is 6.04. The molecular formula is C14H13N3O3. The Bertz CT molecular complexity index is 733. The summed E-state index contributed by atoms with van der Waals surface area (Å²) in [6, 6.07) is 5.45. The van der Waals surface area contributed by atoms with Crippen molar-refractivity contribution in [3.8, 4) is 0 Å². The number of para-hydroxylation sites is 1. The Morgan fingerprint density at radius 3 is 2.90 bits per heavy atom. The molecule has 0 radical (unpaired) electrons. The number of carbonyl (C=O) groups is 3. The van der Waals surface area contributed by atoms with Crippen LogP contribution in [0, 0.1) is 0 Å². The maximum Gasteiger partial charge on any atom is 0.234 e. The minimum atomic E-state index is -0.383. The second-order valence-corrected chi connectivity index (χ2v) is 4.87. The van der Waals surface area contributed by atoms with Crippen molar-refractivity contribution >= 4 is 29.0 Å². The first-order valence-corrected chi connectivity index (χ1v) is 6.36. The van der Waals surface area contributed by atoms with E-state index in [1.54, 1.807) is 23.9 Å². The predicted octanol–water partition coefficient (Wildman–Crippen LogP) is 0.906. The molecule has 2 aromatic rings. The molecule has 2 heterocycles. The Balaban J connectivity index is 2.17. The van der Waals surface area contributed by atoms with Gasteiger partial charge in [0.25, 0.3) is 0 Å². The quantitative estimate of drug-likeness (QED) is 0.650. The molecule has 102 valence electrons. The number of hydrogen-bond donors (Lipinski definition) is 1. The fourth-order valence-corrected chi connectivity index (χ4v) is 2.75. The highest BCUT2D eigenvalue weighted by Crippen LogP contribution is 2.31. The van der Waals surface area contributed by atoms with Gasteiger partial charge in [0.1, 0.15) is 5.69 Å². The number of aryl methyl sites for hydroxylation is 1. The van der Waals surface area contributed by atoms with Gasteiger partial charge in [-0.1, -0.05) is 18.2 Å². The molecule has 6 nitrogen and oxygen atoms in total. The molecule has 1 fully saturated rings. The normalized spacial score (nSPS) is 19.1. The zero-order chi connectivity index (χ0) is 14.3. The molecule has 0 saturated carbocycles. The first-order chi connectivity index (χ1) is 9.61. The van der Waals surface area contributed by atoms with Crippen molar-refractivity contribution in [3.63, 3.8) is 0 Å². The highest BCUT2D eigenvalue weighted by atomic mass is 16.2. The lowest BCUT2D eigenvalue weighted by Gasteiger charge is -2.21. The van der Waals surface area contributed by atoms with E-state index in [-0.39, 0.29) is 17.7 Å². The summed E-state index contributed by atoms with van der Waals surface area (Å²) in [6.45, 7) is 0.